The average molecular weight is 307 g/mol. The largest absolute Gasteiger partial charge is 0.383 e. The Morgan fingerprint density at radius 3 is 2.91 bits per heavy atom. The fraction of sp³-hybridized carbons (Fsp3) is 0.800. The lowest BCUT2D eigenvalue weighted by Gasteiger charge is -2.25. The number of aromatic nitrogens is 3. The van der Waals surface area contributed by atoms with Crippen LogP contribution in [0, 0.1) is 11.8 Å². The number of carbonyl (C=O) groups is 1. The van der Waals surface area contributed by atoms with Crippen molar-refractivity contribution in [3.8, 4) is 0 Å². The van der Waals surface area contributed by atoms with Crippen molar-refractivity contribution in [2.24, 2.45) is 11.8 Å². The molecule has 7 heteroatoms. The molecule has 122 valence electrons. The van der Waals surface area contributed by atoms with Gasteiger partial charge in [0.15, 0.2) is 0 Å². The number of likely N-dealkylation sites (tertiary alicyclic amines) is 1. The maximum Gasteiger partial charge on any atom is 0.289 e. The van der Waals surface area contributed by atoms with Crippen molar-refractivity contribution in [2.75, 3.05) is 39.9 Å². The lowest BCUT2D eigenvalue weighted by molar-refractivity contribution is 0.0918. The Hall–Kier alpha value is -1.47. The van der Waals surface area contributed by atoms with Gasteiger partial charge >= 0.3 is 0 Å². The van der Waals surface area contributed by atoms with Crippen LogP contribution in [0.1, 0.15) is 29.8 Å². The number of fused-ring (bicyclic) bond motifs is 2. The summed E-state index contributed by atoms with van der Waals surface area (Å²) in [5.41, 5.74) is 0. The van der Waals surface area contributed by atoms with E-state index < -0.39 is 0 Å². The molecule has 0 saturated carbocycles. The second-order valence-corrected chi connectivity index (χ2v) is 6.28. The summed E-state index contributed by atoms with van der Waals surface area (Å²) in [5.74, 6) is 2.51. The minimum Gasteiger partial charge on any atom is -0.383 e. The highest BCUT2D eigenvalue weighted by Gasteiger charge is 2.38. The number of carbonyl (C=O) groups excluding carboxylic acids is 1. The van der Waals surface area contributed by atoms with E-state index in [1.54, 1.807) is 7.11 Å². The lowest BCUT2D eigenvalue weighted by atomic mass is 9.89. The summed E-state index contributed by atoms with van der Waals surface area (Å²) in [6.45, 7) is 7.52. The van der Waals surface area contributed by atoms with Crippen LogP contribution in [0.5, 0.6) is 0 Å². The summed E-state index contributed by atoms with van der Waals surface area (Å²) in [6.07, 6.45) is 2.13. The van der Waals surface area contributed by atoms with Crippen molar-refractivity contribution < 1.29 is 9.53 Å². The van der Waals surface area contributed by atoms with E-state index in [1.165, 1.54) is 6.42 Å². The van der Waals surface area contributed by atoms with Crippen LogP contribution in [0.25, 0.3) is 0 Å². The summed E-state index contributed by atoms with van der Waals surface area (Å²) >= 11 is 0. The highest BCUT2D eigenvalue weighted by Crippen LogP contribution is 2.32. The SMILES string of the molecule is CCCN1C[C@H]2Cc3nnc(C(=O)NCCOC)n3C[C@@H]2C1. The Morgan fingerprint density at radius 1 is 1.32 bits per heavy atom. The summed E-state index contributed by atoms with van der Waals surface area (Å²) in [5, 5.41) is 11.2. The van der Waals surface area contributed by atoms with Crippen LogP contribution in [0.3, 0.4) is 0 Å². The molecule has 3 heterocycles. The molecule has 2 aliphatic rings. The van der Waals surface area contributed by atoms with E-state index >= 15 is 0 Å². The molecule has 2 atom stereocenters. The fourth-order valence-electron chi connectivity index (χ4n) is 3.63. The Kier molecular flexibility index (Phi) is 4.73. The number of ether oxygens (including phenoxy) is 1. The molecule has 1 N–H and O–H groups in total. The zero-order valence-electron chi connectivity index (χ0n) is 13.4. The van der Waals surface area contributed by atoms with Gasteiger partial charge in [-0.05, 0) is 24.8 Å². The summed E-state index contributed by atoms with van der Waals surface area (Å²) in [7, 11) is 1.62. The van der Waals surface area contributed by atoms with E-state index in [1.807, 2.05) is 4.57 Å². The van der Waals surface area contributed by atoms with Gasteiger partial charge in [-0.25, -0.2) is 0 Å². The Balaban J connectivity index is 1.67. The van der Waals surface area contributed by atoms with E-state index in [4.69, 9.17) is 4.74 Å². The summed E-state index contributed by atoms with van der Waals surface area (Å²) in [4.78, 5) is 14.7. The van der Waals surface area contributed by atoms with Crippen molar-refractivity contribution in [1.29, 1.82) is 0 Å². The number of hydrogen-bond acceptors (Lipinski definition) is 5. The van der Waals surface area contributed by atoms with Crippen molar-refractivity contribution in [3.63, 3.8) is 0 Å². The van der Waals surface area contributed by atoms with Crippen LogP contribution in [0.4, 0.5) is 0 Å². The topological polar surface area (TPSA) is 72.3 Å². The maximum absolute atomic E-state index is 12.2. The summed E-state index contributed by atoms with van der Waals surface area (Å²) < 4.78 is 6.96. The quantitative estimate of drug-likeness (QED) is 0.759. The van der Waals surface area contributed by atoms with Gasteiger partial charge in [0, 0.05) is 39.7 Å². The molecule has 0 bridgehead atoms. The van der Waals surface area contributed by atoms with Crippen molar-refractivity contribution in [2.45, 2.75) is 26.3 Å². The van der Waals surface area contributed by atoms with Crippen LogP contribution in [0.15, 0.2) is 0 Å². The van der Waals surface area contributed by atoms with E-state index in [9.17, 15) is 4.79 Å². The molecular weight excluding hydrogens is 282 g/mol. The van der Waals surface area contributed by atoms with Crippen molar-refractivity contribution in [1.82, 2.24) is 25.0 Å². The van der Waals surface area contributed by atoms with Gasteiger partial charge in [-0.2, -0.15) is 0 Å². The number of amides is 1. The van der Waals surface area contributed by atoms with E-state index in [0.717, 1.165) is 38.4 Å². The molecular formula is C15H25N5O2. The Bertz CT molecular complexity index is 530. The molecule has 1 aromatic heterocycles. The predicted octanol–water partition coefficient (Wildman–Crippen LogP) is 0.168. The number of nitrogens with zero attached hydrogens (tertiary/aromatic N) is 4. The number of hydrogen-bond donors (Lipinski definition) is 1. The zero-order valence-corrected chi connectivity index (χ0v) is 13.4. The number of rotatable bonds is 6. The molecule has 1 fully saturated rings. The molecule has 0 spiro atoms. The normalized spacial score (nSPS) is 24.1. The average Bonchev–Trinajstić information content (AvgIpc) is 3.07. The second kappa shape index (κ2) is 6.75. The molecule has 0 radical (unpaired) electrons. The van der Waals surface area contributed by atoms with Gasteiger partial charge in [-0.15, -0.1) is 10.2 Å². The first-order valence-corrected chi connectivity index (χ1v) is 8.14. The third-order valence-electron chi connectivity index (χ3n) is 4.68. The third-order valence-corrected chi connectivity index (χ3v) is 4.68. The van der Waals surface area contributed by atoms with Gasteiger partial charge in [0.05, 0.1) is 6.61 Å². The van der Waals surface area contributed by atoms with Crippen LogP contribution in [-0.4, -0.2) is 65.5 Å². The predicted molar refractivity (Wildman–Crippen MR) is 81.6 cm³/mol. The first kappa shape index (κ1) is 15.4. The van der Waals surface area contributed by atoms with Gasteiger partial charge < -0.3 is 19.5 Å². The van der Waals surface area contributed by atoms with E-state index in [0.29, 0.717) is 30.8 Å². The van der Waals surface area contributed by atoms with Gasteiger partial charge in [-0.3, -0.25) is 4.79 Å². The molecule has 1 amide bonds. The molecule has 0 unspecified atom stereocenters. The Labute approximate surface area is 131 Å². The number of methoxy groups -OCH3 is 1. The van der Waals surface area contributed by atoms with Crippen LogP contribution < -0.4 is 5.32 Å². The first-order chi connectivity index (χ1) is 10.7. The Morgan fingerprint density at radius 2 is 2.14 bits per heavy atom. The second-order valence-electron chi connectivity index (χ2n) is 6.28. The highest BCUT2D eigenvalue weighted by molar-refractivity contribution is 5.90. The molecule has 7 nitrogen and oxygen atoms in total. The third kappa shape index (κ3) is 3.01. The molecule has 0 aromatic carbocycles. The lowest BCUT2D eigenvalue weighted by Crippen LogP contribution is -2.34. The van der Waals surface area contributed by atoms with E-state index in [-0.39, 0.29) is 5.91 Å². The van der Waals surface area contributed by atoms with Gasteiger partial charge in [0.2, 0.25) is 5.82 Å². The van der Waals surface area contributed by atoms with Crippen LogP contribution >= 0.6 is 0 Å². The van der Waals surface area contributed by atoms with Gasteiger partial charge in [-0.1, -0.05) is 6.92 Å². The highest BCUT2D eigenvalue weighted by atomic mass is 16.5. The molecule has 22 heavy (non-hydrogen) atoms. The summed E-state index contributed by atoms with van der Waals surface area (Å²) in [6, 6.07) is 0. The van der Waals surface area contributed by atoms with E-state index in [2.05, 4.69) is 27.3 Å². The standard InChI is InChI=1S/C15H25N5O2/c1-3-5-19-8-11-7-13-17-18-14(15(21)16-4-6-22-2)20(13)10-12(11)9-19/h11-12H,3-10H2,1-2H3,(H,16,21)/t11-,12+/m1/s1. The molecule has 3 rings (SSSR count). The molecule has 1 saturated heterocycles. The number of nitrogens with one attached hydrogen (secondary N) is 1. The minimum absolute atomic E-state index is 0.155. The van der Waals surface area contributed by atoms with Crippen molar-refractivity contribution >= 4 is 5.91 Å². The zero-order chi connectivity index (χ0) is 15.5. The smallest absolute Gasteiger partial charge is 0.289 e. The molecule has 0 aliphatic carbocycles. The molecule has 2 aliphatic heterocycles. The molecule has 1 aromatic rings. The fourth-order valence-corrected chi connectivity index (χ4v) is 3.63. The maximum atomic E-state index is 12.2. The van der Waals surface area contributed by atoms with Gasteiger partial charge in [0.1, 0.15) is 5.82 Å². The monoisotopic (exact) mass is 307 g/mol. The van der Waals surface area contributed by atoms with Gasteiger partial charge in [0.25, 0.3) is 5.91 Å². The van der Waals surface area contributed by atoms with Crippen molar-refractivity contribution in [3.05, 3.63) is 11.6 Å². The minimum atomic E-state index is -0.155. The van der Waals surface area contributed by atoms with Crippen LogP contribution in [0.2, 0.25) is 0 Å². The van der Waals surface area contributed by atoms with Crippen LogP contribution in [-0.2, 0) is 17.7 Å². The first-order valence-electron chi connectivity index (χ1n) is 8.14.